The minimum atomic E-state index is 0.903. The Morgan fingerprint density at radius 2 is 1.58 bits per heavy atom. The first-order valence-corrected chi connectivity index (χ1v) is 8.44. The van der Waals surface area contributed by atoms with E-state index in [1.165, 1.54) is 17.0 Å². The summed E-state index contributed by atoms with van der Waals surface area (Å²) < 4.78 is 7.51. The van der Waals surface area contributed by atoms with Gasteiger partial charge in [-0.3, -0.25) is 0 Å². The summed E-state index contributed by atoms with van der Waals surface area (Å²) in [6.07, 6.45) is 5.16. The Labute approximate surface area is 143 Å². The standard InChI is InChI=1S/C21H24N2O/c1-17-16-23(15-14-19-8-11-20(24-2)12-9-19)21(22-17)13-10-18-6-4-3-5-7-18/h3-9,11-12,16H,10,13-15H2,1-2H3. The van der Waals surface area contributed by atoms with E-state index in [9.17, 15) is 0 Å². The van der Waals surface area contributed by atoms with Crippen LogP contribution in [0.25, 0.3) is 0 Å². The van der Waals surface area contributed by atoms with Gasteiger partial charge in [0.05, 0.1) is 12.8 Å². The summed E-state index contributed by atoms with van der Waals surface area (Å²) in [5, 5.41) is 0. The van der Waals surface area contributed by atoms with Gasteiger partial charge < -0.3 is 9.30 Å². The largest absolute Gasteiger partial charge is 0.497 e. The topological polar surface area (TPSA) is 27.1 Å². The number of imidazole rings is 1. The molecule has 0 unspecified atom stereocenters. The van der Waals surface area contributed by atoms with Crippen molar-refractivity contribution in [3.63, 3.8) is 0 Å². The van der Waals surface area contributed by atoms with E-state index in [2.05, 4.69) is 60.2 Å². The van der Waals surface area contributed by atoms with Gasteiger partial charge in [-0.15, -0.1) is 0 Å². The van der Waals surface area contributed by atoms with E-state index in [-0.39, 0.29) is 0 Å². The molecule has 0 aliphatic carbocycles. The number of aryl methyl sites for hydroxylation is 5. The van der Waals surface area contributed by atoms with Crippen molar-refractivity contribution in [1.29, 1.82) is 0 Å². The first-order chi connectivity index (χ1) is 11.7. The molecular formula is C21H24N2O. The molecule has 1 aromatic heterocycles. The highest BCUT2D eigenvalue weighted by Gasteiger charge is 2.06. The van der Waals surface area contributed by atoms with Crippen LogP contribution in [0.5, 0.6) is 5.75 Å². The highest BCUT2D eigenvalue weighted by atomic mass is 16.5. The smallest absolute Gasteiger partial charge is 0.118 e. The van der Waals surface area contributed by atoms with Crippen molar-refractivity contribution in [2.24, 2.45) is 0 Å². The number of hydrogen-bond acceptors (Lipinski definition) is 2. The van der Waals surface area contributed by atoms with Crippen LogP contribution >= 0.6 is 0 Å². The molecule has 3 rings (SSSR count). The Kier molecular flexibility index (Phi) is 5.32. The number of aromatic nitrogens is 2. The predicted octanol–water partition coefficient (Wildman–Crippen LogP) is 4.23. The summed E-state index contributed by atoms with van der Waals surface area (Å²) in [7, 11) is 1.70. The summed E-state index contributed by atoms with van der Waals surface area (Å²) in [5.74, 6) is 2.07. The number of hydrogen-bond donors (Lipinski definition) is 0. The summed E-state index contributed by atoms with van der Waals surface area (Å²) in [6, 6.07) is 18.9. The van der Waals surface area contributed by atoms with Crippen LogP contribution in [-0.2, 0) is 25.8 Å². The Morgan fingerprint density at radius 1 is 0.875 bits per heavy atom. The molecule has 3 heteroatoms. The van der Waals surface area contributed by atoms with Crippen molar-refractivity contribution in [2.75, 3.05) is 7.11 Å². The molecular weight excluding hydrogens is 296 g/mol. The van der Waals surface area contributed by atoms with E-state index in [1.807, 2.05) is 12.1 Å². The van der Waals surface area contributed by atoms with Crippen LogP contribution in [0.2, 0.25) is 0 Å². The number of benzene rings is 2. The summed E-state index contributed by atoms with van der Waals surface area (Å²) in [6.45, 7) is 3.02. The van der Waals surface area contributed by atoms with Crippen LogP contribution in [-0.4, -0.2) is 16.7 Å². The third-order valence-corrected chi connectivity index (χ3v) is 4.26. The zero-order valence-corrected chi connectivity index (χ0v) is 14.4. The van der Waals surface area contributed by atoms with Gasteiger partial charge in [-0.1, -0.05) is 42.5 Å². The lowest BCUT2D eigenvalue weighted by atomic mass is 10.1. The molecule has 0 fully saturated rings. The Morgan fingerprint density at radius 3 is 2.29 bits per heavy atom. The van der Waals surface area contributed by atoms with Crippen LogP contribution in [0.15, 0.2) is 60.8 Å². The van der Waals surface area contributed by atoms with E-state index >= 15 is 0 Å². The zero-order valence-electron chi connectivity index (χ0n) is 14.4. The fraction of sp³-hybridized carbons (Fsp3) is 0.286. The maximum atomic E-state index is 5.21. The Bertz CT molecular complexity index is 760. The van der Waals surface area contributed by atoms with Crippen LogP contribution in [0.4, 0.5) is 0 Å². The highest BCUT2D eigenvalue weighted by Crippen LogP contribution is 2.14. The van der Waals surface area contributed by atoms with Crippen LogP contribution in [0.1, 0.15) is 22.6 Å². The van der Waals surface area contributed by atoms with Gasteiger partial charge in [0.2, 0.25) is 0 Å². The van der Waals surface area contributed by atoms with Crippen molar-refractivity contribution in [1.82, 2.24) is 9.55 Å². The average Bonchev–Trinajstić information content (AvgIpc) is 2.99. The van der Waals surface area contributed by atoms with Gasteiger partial charge in [0, 0.05) is 19.2 Å². The average molecular weight is 320 g/mol. The van der Waals surface area contributed by atoms with E-state index < -0.39 is 0 Å². The molecule has 124 valence electrons. The van der Waals surface area contributed by atoms with Gasteiger partial charge in [-0.2, -0.15) is 0 Å². The van der Waals surface area contributed by atoms with Crippen molar-refractivity contribution >= 4 is 0 Å². The summed E-state index contributed by atoms with van der Waals surface area (Å²) >= 11 is 0. The highest BCUT2D eigenvalue weighted by molar-refractivity contribution is 5.27. The SMILES string of the molecule is COc1ccc(CCn2cc(C)nc2CCc2ccccc2)cc1. The molecule has 0 saturated heterocycles. The molecule has 0 radical (unpaired) electrons. The van der Waals surface area contributed by atoms with Gasteiger partial charge >= 0.3 is 0 Å². The Hall–Kier alpha value is -2.55. The number of ether oxygens (including phenoxy) is 1. The number of nitrogens with zero attached hydrogens (tertiary/aromatic N) is 2. The second-order valence-electron chi connectivity index (χ2n) is 6.08. The van der Waals surface area contributed by atoms with E-state index in [0.29, 0.717) is 0 Å². The van der Waals surface area contributed by atoms with E-state index in [4.69, 9.17) is 9.72 Å². The lowest BCUT2D eigenvalue weighted by Crippen LogP contribution is -2.07. The number of rotatable bonds is 7. The quantitative estimate of drug-likeness (QED) is 0.651. The Balaban J connectivity index is 1.62. The fourth-order valence-corrected chi connectivity index (χ4v) is 2.93. The monoisotopic (exact) mass is 320 g/mol. The van der Waals surface area contributed by atoms with Gasteiger partial charge in [0.1, 0.15) is 11.6 Å². The third kappa shape index (κ3) is 4.25. The molecule has 0 amide bonds. The zero-order chi connectivity index (χ0) is 16.8. The normalized spacial score (nSPS) is 10.8. The lowest BCUT2D eigenvalue weighted by Gasteiger charge is -2.09. The first kappa shape index (κ1) is 16.3. The lowest BCUT2D eigenvalue weighted by molar-refractivity contribution is 0.414. The van der Waals surface area contributed by atoms with Crippen LogP contribution < -0.4 is 4.74 Å². The third-order valence-electron chi connectivity index (χ3n) is 4.26. The van der Waals surface area contributed by atoms with E-state index in [0.717, 1.165) is 37.3 Å². The van der Waals surface area contributed by atoms with Gasteiger partial charge in [-0.05, 0) is 43.0 Å². The molecule has 0 saturated carbocycles. The molecule has 0 atom stereocenters. The summed E-state index contributed by atoms with van der Waals surface area (Å²) in [4.78, 5) is 4.71. The summed E-state index contributed by atoms with van der Waals surface area (Å²) in [5.41, 5.74) is 3.77. The molecule has 0 aliphatic heterocycles. The molecule has 1 heterocycles. The second-order valence-corrected chi connectivity index (χ2v) is 6.08. The molecule has 0 N–H and O–H groups in total. The van der Waals surface area contributed by atoms with E-state index in [1.54, 1.807) is 7.11 Å². The number of methoxy groups -OCH3 is 1. The minimum absolute atomic E-state index is 0.903. The minimum Gasteiger partial charge on any atom is -0.497 e. The van der Waals surface area contributed by atoms with Gasteiger partial charge in [-0.25, -0.2) is 4.98 Å². The van der Waals surface area contributed by atoms with Gasteiger partial charge in [0.25, 0.3) is 0 Å². The molecule has 0 spiro atoms. The van der Waals surface area contributed by atoms with Crippen molar-refractivity contribution in [2.45, 2.75) is 32.7 Å². The maximum absolute atomic E-state index is 5.21. The fourth-order valence-electron chi connectivity index (χ4n) is 2.93. The molecule has 3 aromatic rings. The van der Waals surface area contributed by atoms with Crippen molar-refractivity contribution in [3.05, 3.63) is 83.4 Å². The van der Waals surface area contributed by atoms with Gasteiger partial charge in [0.15, 0.2) is 0 Å². The first-order valence-electron chi connectivity index (χ1n) is 8.44. The molecule has 3 nitrogen and oxygen atoms in total. The van der Waals surface area contributed by atoms with Crippen LogP contribution in [0.3, 0.4) is 0 Å². The van der Waals surface area contributed by atoms with Crippen LogP contribution in [0, 0.1) is 6.92 Å². The molecule has 0 aliphatic rings. The maximum Gasteiger partial charge on any atom is 0.118 e. The second kappa shape index (κ2) is 7.82. The molecule has 24 heavy (non-hydrogen) atoms. The molecule has 0 bridgehead atoms. The predicted molar refractivity (Wildman–Crippen MR) is 97.5 cm³/mol. The van der Waals surface area contributed by atoms with Crippen molar-refractivity contribution < 1.29 is 4.74 Å². The molecule has 2 aromatic carbocycles. The van der Waals surface area contributed by atoms with Crippen molar-refractivity contribution in [3.8, 4) is 5.75 Å².